The Kier molecular flexibility index (Phi) is 31.7. The summed E-state index contributed by atoms with van der Waals surface area (Å²) in [6.45, 7) is 14.6. The molecule has 412 valence electrons. The lowest BCUT2D eigenvalue weighted by atomic mass is 10.0. The van der Waals surface area contributed by atoms with Crippen LogP contribution in [0.4, 0.5) is 0 Å². The third-order valence-corrected chi connectivity index (χ3v) is 11.9. The van der Waals surface area contributed by atoms with Gasteiger partial charge in [-0.3, -0.25) is 24.0 Å². The average molecular weight is 1040 g/mol. The number of ether oxygens (including phenoxy) is 2. The number of aromatic hydroxyl groups is 1. The summed E-state index contributed by atoms with van der Waals surface area (Å²) in [7, 11) is 0. The van der Waals surface area contributed by atoms with E-state index >= 15 is 0 Å². The van der Waals surface area contributed by atoms with E-state index in [2.05, 4.69) is 98.5 Å². The van der Waals surface area contributed by atoms with Gasteiger partial charge in [-0.1, -0.05) is 115 Å². The highest BCUT2D eigenvalue weighted by Gasteiger charge is 2.28. The Bertz CT molecular complexity index is 2280. The van der Waals surface area contributed by atoms with Gasteiger partial charge in [0.25, 0.3) is 0 Å². The van der Waals surface area contributed by atoms with Crippen molar-refractivity contribution in [2.24, 2.45) is 5.92 Å². The molecule has 0 aliphatic carbocycles. The molecular formula is C59H85N5O11. The number of esters is 1. The van der Waals surface area contributed by atoms with Crippen molar-refractivity contribution < 1.29 is 53.2 Å². The number of carboxylic acids is 1. The summed E-state index contributed by atoms with van der Waals surface area (Å²) in [5.41, 5.74) is 8.13. The molecule has 7 N–H and O–H groups in total. The van der Waals surface area contributed by atoms with Crippen molar-refractivity contribution in [2.45, 2.75) is 157 Å². The van der Waals surface area contributed by atoms with E-state index in [1.165, 1.54) is 40.0 Å². The summed E-state index contributed by atoms with van der Waals surface area (Å²) >= 11 is 0. The monoisotopic (exact) mass is 1040 g/mol. The fraction of sp³-hybridized carbons (Fsp3) is 0.508. The van der Waals surface area contributed by atoms with Gasteiger partial charge in [0.1, 0.15) is 37.1 Å². The van der Waals surface area contributed by atoms with Crippen molar-refractivity contribution in [1.82, 2.24) is 26.6 Å². The fourth-order valence-electron chi connectivity index (χ4n) is 7.67. The smallest absolute Gasteiger partial charge is 0.332 e. The van der Waals surface area contributed by atoms with Gasteiger partial charge in [-0.2, -0.15) is 0 Å². The van der Waals surface area contributed by atoms with E-state index in [0.717, 1.165) is 57.8 Å². The second-order valence-electron chi connectivity index (χ2n) is 19.8. The Hall–Kier alpha value is -6.81. The fourth-order valence-corrected chi connectivity index (χ4v) is 7.67. The molecule has 0 radical (unpaired) electrons. The molecule has 3 unspecified atom stereocenters. The van der Waals surface area contributed by atoms with Crippen LogP contribution in [0.2, 0.25) is 0 Å². The Morgan fingerprint density at radius 3 is 1.61 bits per heavy atom. The van der Waals surface area contributed by atoms with Gasteiger partial charge in [-0.25, -0.2) is 9.59 Å². The first-order valence-corrected chi connectivity index (χ1v) is 26.2. The lowest BCUT2D eigenvalue weighted by molar-refractivity contribution is -0.150. The molecule has 0 heterocycles. The van der Waals surface area contributed by atoms with Crippen molar-refractivity contribution >= 4 is 41.5 Å². The molecule has 0 saturated heterocycles. The number of rotatable bonds is 36. The number of allylic oxidation sites excluding steroid dienone is 10. The summed E-state index contributed by atoms with van der Waals surface area (Å²) in [6.07, 6.45) is 21.6. The molecule has 2 aromatic carbocycles. The van der Waals surface area contributed by atoms with Crippen LogP contribution >= 0.6 is 0 Å². The molecule has 75 heavy (non-hydrogen) atoms. The highest BCUT2D eigenvalue weighted by molar-refractivity contribution is 5.94. The molecule has 0 aliphatic rings. The molecule has 0 saturated carbocycles. The lowest BCUT2D eigenvalue weighted by Gasteiger charge is -2.22. The number of amides is 5. The second kappa shape index (κ2) is 37.0. The van der Waals surface area contributed by atoms with Crippen molar-refractivity contribution in [1.29, 1.82) is 0 Å². The maximum atomic E-state index is 13.3. The van der Waals surface area contributed by atoms with Crippen LogP contribution in [0.1, 0.15) is 137 Å². The summed E-state index contributed by atoms with van der Waals surface area (Å²) in [5.74, 6) is -5.56. The van der Waals surface area contributed by atoms with E-state index in [4.69, 9.17) is 9.47 Å². The first kappa shape index (κ1) is 64.3. The number of phenols is 1. The molecule has 0 fully saturated rings. The minimum absolute atomic E-state index is 0.00602. The summed E-state index contributed by atoms with van der Waals surface area (Å²) in [5, 5.41) is 31.8. The summed E-state index contributed by atoms with van der Waals surface area (Å²) in [6, 6.07) is 11.2. The maximum absolute atomic E-state index is 13.3. The van der Waals surface area contributed by atoms with Gasteiger partial charge in [-0.15, -0.1) is 0 Å². The number of unbranched alkanes of at least 4 members (excludes halogenated alkanes) is 1. The number of carbonyl (C=O) groups is 7. The summed E-state index contributed by atoms with van der Waals surface area (Å²) in [4.78, 5) is 89.5. The molecule has 0 spiro atoms. The average Bonchev–Trinajstić information content (AvgIpc) is 3.35. The van der Waals surface area contributed by atoms with E-state index in [-0.39, 0.29) is 37.5 Å². The SMILES string of the molecule is CC(C)=CCC/C(C)=C/CCC(C)=CCC/C=C(\C)CCC=C(C)CCCOC(=O)COCC(=O)NC(Cc1ccc(O)cc1)C(=O)NCC(=O)NCC(=O)NC(Cc1ccccc1)C(=O)NC(CC(C)C)C(=O)O. The van der Waals surface area contributed by atoms with Crippen LogP contribution in [0.15, 0.2) is 113 Å². The number of nitrogens with one attached hydrogen (secondary N) is 5. The molecule has 0 bridgehead atoms. The van der Waals surface area contributed by atoms with Gasteiger partial charge in [0.05, 0.1) is 19.7 Å². The quantitative estimate of drug-likeness (QED) is 0.0195. The molecule has 16 nitrogen and oxygen atoms in total. The Balaban J connectivity index is 1.78. The van der Waals surface area contributed by atoms with Crippen molar-refractivity contribution in [3.63, 3.8) is 0 Å². The molecule has 5 amide bonds. The number of benzene rings is 2. The van der Waals surface area contributed by atoms with Gasteiger partial charge in [-0.05, 0) is 141 Å². The second-order valence-corrected chi connectivity index (χ2v) is 19.8. The third-order valence-electron chi connectivity index (χ3n) is 11.9. The van der Waals surface area contributed by atoms with Crippen molar-refractivity contribution in [3.8, 4) is 5.75 Å². The highest BCUT2D eigenvalue weighted by Crippen LogP contribution is 2.16. The van der Waals surface area contributed by atoms with Crippen LogP contribution in [-0.4, -0.2) is 103 Å². The van der Waals surface area contributed by atoms with Crippen LogP contribution in [0, 0.1) is 5.92 Å². The number of carbonyl (C=O) groups excluding carboxylic acids is 6. The molecule has 0 aromatic heterocycles. The third kappa shape index (κ3) is 31.5. The topological polar surface area (TPSA) is 239 Å². The van der Waals surface area contributed by atoms with Gasteiger partial charge in [0.2, 0.25) is 29.5 Å². The van der Waals surface area contributed by atoms with E-state index in [9.17, 15) is 43.8 Å². The largest absolute Gasteiger partial charge is 0.508 e. The minimum atomic E-state index is -1.21. The maximum Gasteiger partial charge on any atom is 0.332 e. The molecule has 3 atom stereocenters. The zero-order valence-corrected chi connectivity index (χ0v) is 45.7. The van der Waals surface area contributed by atoms with Crippen LogP contribution in [-0.2, 0) is 55.9 Å². The Labute approximate surface area is 445 Å². The van der Waals surface area contributed by atoms with Crippen LogP contribution in [0.5, 0.6) is 5.75 Å². The van der Waals surface area contributed by atoms with Crippen molar-refractivity contribution in [2.75, 3.05) is 32.9 Å². The highest BCUT2D eigenvalue weighted by atomic mass is 16.6. The summed E-state index contributed by atoms with van der Waals surface area (Å²) < 4.78 is 10.6. The molecule has 0 aliphatic heterocycles. The van der Waals surface area contributed by atoms with Gasteiger partial charge in [0, 0.05) is 12.8 Å². The minimum Gasteiger partial charge on any atom is -0.508 e. The number of phenolic OH excluding ortho intramolecular Hbond substituents is 1. The molecule has 2 rings (SSSR count). The van der Waals surface area contributed by atoms with Gasteiger partial charge in [0.15, 0.2) is 0 Å². The predicted molar refractivity (Wildman–Crippen MR) is 293 cm³/mol. The van der Waals surface area contributed by atoms with E-state index < -0.39 is 85.9 Å². The zero-order valence-electron chi connectivity index (χ0n) is 45.7. The van der Waals surface area contributed by atoms with E-state index in [1.807, 2.05) is 13.8 Å². The number of carboxylic acid groups (broad SMARTS) is 1. The van der Waals surface area contributed by atoms with Crippen LogP contribution in [0.3, 0.4) is 0 Å². The number of hydrogen-bond donors (Lipinski definition) is 7. The van der Waals surface area contributed by atoms with Crippen molar-refractivity contribution in [3.05, 3.63) is 124 Å². The predicted octanol–water partition coefficient (Wildman–Crippen LogP) is 8.21. The lowest BCUT2D eigenvalue weighted by Crippen LogP contribution is -2.54. The molecule has 2 aromatic rings. The Morgan fingerprint density at radius 1 is 0.547 bits per heavy atom. The van der Waals surface area contributed by atoms with Crippen LogP contribution < -0.4 is 26.6 Å². The zero-order chi connectivity index (χ0) is 55.5. The first-order chi connectivity index (χ1) is 35.7. The van der Waals surface area contributed by atoms with Crippen LogP contribution in [0.25, 0.3) is 0 Å². The number of hydrogen-bond acceptors (Lipinski definition) is 10. The Morgan fingerprint density at radius 2 is 1.05 bits per heavy atom. The first-order valence-electron chi connectivity index (χ1n) is 26.2. The van der Waals surface area contributed by atoms with E-state index in [1.54, 1.807) is 42.5 Å². The number of aliphatic carboxylic acids is 1. The molecular weight excluding hydrogens is 955 g/mol. The normalized spacial score (nSPS) is 13.2. The van der Waals surface area contributed by atoms with Gasteiger partial charge >= 0.3 is 11.9 Å². The van der Waals surface area contributed by atoms with E-state index in [0.29, 0.717) is 17.5 Å². The molecule has 16 heteroatoms. The standard InChI is InChI=1S/C59H85N5O11/c1-41(2)18-14-21-45(7)24-15-22-43(5)19-12-13-20-44(6)23-16-25-46(8)26-17-33-75-56(69)40-74-39-55(68)63-50(36-48-29-31-49(65)32-30-48)57(70)61-37-53(66)60-38-54(67)62-51(35-47-27-10-9-11-28-47)58(71)64-52(59(72)73)34-42(3)4/h9-11,18-20,24-25,27-32,42,50-52,65H,12-17,21-23,26,33-40H2,1-8H3,(H,60,66)(H,61,70)(H,62,67)(H,63,68)(H,64,71)(H,72,73)/b43-19?,44-20+,45-24+,46-25?. The van der Waals surface area contributed by atoms with Gasteiger partial charge < -0.3 is 46.3 Å².